The zero-order valence-corrected chi connectivity index (χ0v) is 12.5. The number of hydrogen-bond acceptors (Lipinski definition) is 5. The molecule has 0 aromatic carbocycles. The first-order valence-corrected chi connectivity index (χ1v) is 7.58. The first-order valence-electron chi connectivity index (χ1n) is 4.70. The number of thioether (sulfide) groups is 2. The van der Waals surface area contributed by atoms with Gasteiger partial charge in [0.1, 0.15) is 15.8 Å². The summed E-state index contributed by atoms with van der Waals surface area (Å²) in [5.74, 6) is 1.41. The van der Waals surface area contributed by atoms with Gasteiger partial charge >= 0.3 is 0 Å². The van der Waals surface area contributed by atoms with Gasteiger partial charge < -0.3 is 4.42 Å². The minimum Gasteiger partial charge on any atom is -0.451 e. The molecular weight excluding hydrogens is 369 g/mol. The molecule has 0 spiro atoms. The Bertz CT molecular complexity index is 519. The quantitative estimate of drug-likeness (QED) is 0.457. The van der Waals surface area contributed by atoms with Crippen LogP contribution >= 0.6 is 46.1 Å². The van der Waals surface area contributed by atoms with Crippen LogP contribution in [-0.4, -0.2) is 15.2 Å². The van der Waals surface area contributed by atoms with E-state index in [0.717, 1.165) is 25.7 Å². The highest BCUT2D eigenvalue weighted by Crippen LogP contribution is 2.31. The fourth-order valence-electron chi connectivity index (χ4n) is 1.12. The number of rotatable bonds is 3. The van der Waals surface area contributed by atoms with Gasteiger partial charge in [0.2, 0.25) is 5.12 Å². The summed E-state index contributed by atoms with van der Waals surface area (Å²) in [4.78, 5) is 15.9. The Hall–Kier alpha value is -0.470. The third-order valence-electron chi connectivity index (χ3n) is 1.80. The van der Waals surface area contributed by atoms with E-state index in [4.69, 9.17) is 4.42 Å². The van der Waals surface area contributed by atoms with Crippen LogP contribution < -0.4 is 0 Å². The van der Waals surface area contributed by atoms with Crippen LogP contribution in [0, 0.1) is 3.77 Å². The zero-order chi connectivity index (χ0) is 12.3. The number of hydrogen-bond donors (Lipinski definition) is 0. The third kappa shape index (κ3) is 3.49. The molecule has 3 nitrogen and oxygen atoms in total. The van der Waals surface area contributed by atoms with Crippen molar-refractivity contribution in [1.29, 1.82) is 0 Å². The molecule has 0 atom stereocenters. The molecule has 17 heavy (non-hydrogen) atoms. The van der Waals surface area contributed by atoms with Crippen molar-refractivity contribution in [1.82, 2.24) is 0 Å². The highest BCUT2D eigenvalue weighted by atomic mass is 127. The van der Waals surface area contributed by atoms with E-state index < -0.39 is 0 Å². The molecule has 88 valence electrons. The zero-order valence-electron chi connectivity index (χ0n) is 8.68. The second kappa shape index (κ2) is 5.92. The number of aliphatic imine (C=N–C) groups is 1. The minimum atomic E-state index is -0.0389. The third-order valence-corrected chi connectivity index (χ3v) is 4.38. The van der Waals surface area contributed by atoms with E-state index in [-0.39, 0.29) is 5.12 Å². The Morgan fingerprint density at radius 1 is 1.59 bits per heavy atom. The van der Waals surface area contributed by atoms with Crippen molar-refractivity contribution in [2.45, 2.75) is 0 Å². The maximum atomic E-state index is 11.7. The lowest BCUT2D eigenvalue weighted by Gasteiger charge is -1.90. The van der Waals surface area contributed by atoms with Crippen LogP contribution in [0.2, 0.25) is 0 Å². The van der Waals surface area contributed by atoms with Crippen LogP contribution in [0.25, 0.3) is 6.08 Å². The van der Waals surface area contributed by atoms with Crippen molar-refractivity contribution >= 4 is 61.7 Å². The predicted octanol–water partition coefficient (Wildman–Crippen LogP) is 3.77. The Morgan fingerprint density at radius 3 is 3.06 bits per heavy atom. The monoisotopic (exact) mass is 377 g/mol. The lowest BCUT2D eigenvalue weighted by atomic mass is 10.3. The average molecular weight is 377 g/mol. The molecule has 0 radical (unpaired) electrons. The van der Waals surface area contributed by atoms with Gasteiger partial charge in [-0.25, -0.2) is 4.99 Å². The van der Waals surface area contributed by atoms with Gasteiger partial charge in [-0.15, -0.1) is 6.58 Å². The molecule has 6 heteroatoms. The summed E-state index contributed by atoms with van der Waals surface area (Å²) in [6.45, 7) is 3.63. The molecule has 0 aliphatic carbocycles. The number of furan rings is 1. The van der Waals surface area contributed by atoms with Gasteiger partial charge in [0.05, 0.1) is 0 Å². The lowest BCUT2D eigenvalue weighted by Crippen LogP contribution is -1.87. The van der Waals surface area contributed by atoms with Crippen molar-refractivity contribution in [2.75, 3.05) is 5.75 Å². The Labute approximate surface area is 121 Å². The molecular formula is C11H8INO2S2. The molecule has 0 unspecified atom stereocenters. The minimum absolute atomic E-state index is 0.0389. The predicted molar refractivity (Wildman–Crippen MR) is 82.1 cm³/mol. The summed E-state index contributed by atoms with van der Waals surface area (Å²) in [6, 6.07) is 3.66. The van der Waals surface area contributed by atoms with Crippen molar-refractivity contribution < 1.29 is 9.21 Å². The molecule has 0 saturated carbocycles. The van der Waals surface area contributed by atoms with E-state index in [9.17, 15) is 4.79 Å². The van der Waals surface area contributed by atoms with E-state index in [2.05, 4.69) is 34.2 Å². The molecule has 0 saturated heterocycles. The van der Waals surface area contributed by atoms with Crippen LogP contribution in [-0.2, 0) is 4.79 Å². The van der Waals surface area contributed by atoms with E-state index in [1.165, 1.54) is 11.8 Å². The highest BCUT2D eigenvalue weighted by Gasteiger charge is 2.22. The average Bonchev–Trinajstić information content (AvgIpc) is 2.84. The normalized spacial score (nSPS) is 17.6. The molecule has 1 aromatic rings. The van der Waals surface area contributed by atoms with E-state index in [0.29, 0.717) is 11.5 Å². The van der Waals surface area contributed by atoms with Crippen LogP contribution in [0.1, 0.15) is 5.76 Å². The molecule has 2 rings (SSSR count). The van der Waals surface area contributed by atoms with Gasteiger partial charge in [-0.3, -0.25) is 4.79 Å². The van der Waals surface area contributed by atoms with Gasteiger partial charge in [-0.2, -0.15) is 0 Å². The van der Waals surface area contributed by atoms with E-state index in [1.54, 1.807) is 12.2 Å². The molecule has 1 aliphatic rings. The van der Waals surface area contributed by atoms with Crippen molar-refractivity contribution in [3.05, 3.63) is 40.0 Å². The van der Waals surface area contributed by atoms with E-state index >= 15 is 0 Å². The fourth-order valence-corrected chi connectivity index (χ4v) is 3.16. The van der Waals surface area contributed by atoms with Gasteiger partial charge in [-0.1, -0.05) is 17.8 Å². The Morgan fingerprint density at radius 2 is 2.41 bits per heavy atom. The largest absolute Gasteiger partial charge is 0.451 e. The standard InChI is InChI=1S/C11H8INO2S2/c1-2-5-16-11-13-8(10(14)17-11)6-7-3-4-9(12)15-7/h2-4,6H,1,5H2/b8-6-. The SMILES string of the molecule is C=CCSC1=N/C(=C\c2ccc(I)o2)C(=O)S1. The second-order valence-electron chi connectivity index (χ2n) is 3.04. The first-order chi connectivity index (χ1) is 8.19. The van der Waals surface area contributed by atoms with Crippen LogP contribution in [0.15, 0.2) is 39.9 Å². The maximum Gasteiger partial charge on any atom is 0.244 e. The number of nitrogens with zero attached hydrogens (tertiary/aromatic N) is 1. The first kappa shape index (κ1) is 13.0. The van der Waals surface area contributed by atoms with Crippen LogP contribution in [0.5, 0.6) is 0 Å². The van der Waals surface area contributed by atoms with Crippen LogP contribution in [0.4, 0.5) is 0 Å². The molecule has 2 heterocycles. The number of halogens is 1. The summed E-state index contributed by atoms with van der Waals surface area (Å²) >= 11 is 4.74. The summed E-state index contributed by atoms with van der Waals surface area (Å²) in [5, 5.41) is -0.0389. The topological polar surface area (TPSA) is 42.6 Å². The Kier molecular flexibility index (Phi) is 4.52. The molecule has 0 N–H and O–H groups in total. The van der Waals surface area contributed by atoms with Crippen LogP contribution in [0.3, 0.4) is 0 Å². The molecule has 1 aliphatic heterocycles. The summed E-state index contributed by atoms with van der Waals surface area (Å²) in [5.41, 5.74) is 0.437. The summed E-state index contributed by atoms with van der Waals surface area (Å²) in [7, 11) is 0. The smallest absolute Gasteiger partial charge is 0.244 e. The number of carbonyl (C=O) groups is 1. The highest BCUT2D eigenvalue weighted by molar-refractivity contribution is 14.1. The molecule has 1 aromatic heterocycles. The van der Waals surface area contributed by atoms with E-state index in [1.807, 2.05) is 12.1 Å². The van der Waals surface area contributed by atoms with Crippen molar-refractivity contribution in [2.24, 2.45) is 4.99 Å². The summed E-state index contributed by atoms with van der Waals surface area (Å²) in [6.07, 6.45) is 3.45. The van der Waals surface area contributed by atoms with Crippen molar-refractivity contribution in [3.8, 4) is 0 Å². The van der Waals surface area contributed by atoms with Gasteiger partial charge in [0.15, 0.2) is 3.77 Å². The van der Waals surface area contributed by atoms with Gasteiger partial charge in [0, 0.05) is 11.8 Å². The molecule has 0 bridgehead atoms. The maximum absolute atomic E-state index is 11.7. The van der Waals surface area contributed by atoms with Gasteiger partial charge in [0.25, 0.3) is 0 Å². The Balaban J connectivity index is 2.15. The fraction of sp³-hybridized carbons (Fsp3) is 0.0909. The summed E-state index contributed by atoms with van der Waals surface area (Å²) < 4.78 is 6.92. The van der Waals surface area contributed by atoms with Crippen molar-refractivity contribution in [3.63, 3.8) is 0 Å². The molecule has 0 fully saturated rings. The van der Waals surface area contributed by atoms with Gasteiger partial charge in [-0.05, 0) is 46.5 Å². The molecule has 0 amide bonds. The second-order valence-corrected chi connectivity index (χ2v) is 6.33. The lowest BCUT2D eigenvalue weighted by molar-refractivity contribution is -0.107. The number of carbonyl (C=O) groups excluding carboxylic acids is 1.